The Labute approximate surface area is 140 Å². The van der Waals surface area contributed by atoms with Crippen molar-refractivity contribution in [3.63, 3.8) is 0 Å². The molecule has 25 heavy (non-hydrogen) atoms. The van der Waals surface area contributed by atoms with Gasteiger partial charge in [-0.1, -0.05) is 0 Å². The maximum Gasteiger partial charge on any atom is 0.254 e. The molecular weight excluding hydrogens is 334 g/mol. The zero-order valence-corrected chi connectivity index (χ0v) is 13.2. The van der Waals surface area contributed by atoms with E-state index in [0.717, 1.165) is 12.5 Å². The lowest BCUT2D eigenvalue weighted by molar-refractivity contribution is -0.0951. The molecule has 11 nitrogen and oxygen atoms in total. The number of nitrogens with zero attached hydrogens (tertiary/aromatic N) is 3. The number of carbonyl (C=O) groups excluding carboxylic acids is 1. The molecule has 0 aliphatic carbocycles. The maximum absolute atomic E-state index is 12.4. The van der Waals surface area contributed by atoms with Gasteiger partial charge in [0.1, 0.15) is 40.9 Å². The van der Waals surface area contributed by atoms with Crippen molar-refractivity contribution in [1.29, 1.82) is 0 Å². The van der Waals surface area contributed by atoms with Crippen LogP contribution in [0.15, 0.2) is 17.3 Å². The molecule has 2 aromatic rings. The first-order valence-electron chi connectivity index (χ1n) is 7.32. The zero-order chi connectivity index (χ0) is 18.5. The summed E-state index contributed by atoms with van der Waals surface area (Å²) >= 11 is 0. The van der Waals surface area contributed by atoms with Gasteiger partial charge in [0, 0.05) is 6.20 Å². The molecule has 11 heteroatoms. The number of anilines is 1. The molecule has 0 unspecified atom stereocenters. The van der Waals surface area contributed by atoms with E-state index in [1.54, 1.807) is 0 Å². The fraction of sp³-hybridized carbons (Fsp3) is 0.429. The number of nitrogen functional groups attached to an aromatic ring is 1. The molecule has 0 saturated carbocycles. The highest BCUT2D eigenvalue weighted by Crippen LogP contribution is 2.39. The van der Waals surface area contributed by atoms with Crippen LogP contribution in [0.3, 0.4) is 0 Å². The van der Waals surface area contributed by atoms with Gasteiger partial charge in [-0.3, -0.25) is 9.59 Å². The number of aliphatic hydroxyl groups is 3. The Morgan fingerprint density at radius 2 is 2.16 bits per heavy atom. The molecule has 4 atom stereocenters. The Kier molecular flexibility index (Phi) is 3.95. The zero-order valence-electron chi connectivity index (χ0n) is 13.2. The number of aromatic nitrogens is 3. The van der Waals surface area contributed by atoms with E-state index in [9.17, 15) is 24.9 Å². The van der Waals surface area contributed by atoms with E-state index < -0.39 is 47.5 Å². The van der Waals surface area contributed by atoms with Crippen molar-refractivity contribution in [2.24, 2.45) is 5.73 Å². The first-order valence-corrected chi connectivity index (χ1v) is 7.32. The van der Waals surface area contributed by atoms with Crippen molar-refractivity contribution < 1.29 is 24.9 Å². The maximum atomic E-state index is 12.4. The van der Waals surface area contributed by atoms with Crippen LogP contribution in [0, 0.1) is 0 Å². The second-order valence-electron chi connectivity index (χ2n) is 5.98. The molecule has 2 aromatic heterocycles. The van der Waals surface area contributed by atoms with Gasteiger partial charge >= 0.3 is 0 Å². The van der Waals surface area contributed by atoms with Gasteiger partial charge in [-0.2, -0.15) is 0 Å². The van der Waals surface area contributed by atoms with Gasteiger partial charge in [-0.25, -0.2) is 9.97 Å². The van der Waals surface area contributed by atoms with Gasteiger partial charge in [0.05, 0.1) is 6.61 Å². The van der Waals surface area contributed by atoms with Crippen LogP contribution in [0.25, 0.3) is 11.0 Å². The van der Waals surface area contributed by atoms with Gasteiger partial charge in [0.25, 0.3) is 5.91 Å². The van der Waals surface area contributed by atoms with Crippen molar-refractivity contribution in [1.82, 2.24) is 14.5 Å². The van der Waals surface area contributed by atoms with Crippen molar-refractivity contribution in [3.8, 4) is 0 Å². The summed E-state index contributed by atoms with van der Waals surface area (Å²) < 4.78 is 6.68. The van der Waals surface area contributed by atoms with Crippen LogP contribution in [-0.2, 0) is 4.74 Å². The van der Waals surface area contributed by atoms with E-state index in [0.29, 0.717) is 0 Å². The van der Waals surface area contributed by atoms with Gasteiger partial charge in [-0.15, -0.1) is 0 Å². The summed E-state index contributed by atoms with van der Waals surface area (Å²) in [6.07, 6.45) is -1.60. The third-order valence-electron chi connectivity index (χ3n) is 4.29. The highest BCUT2D eigenvalue weighted by molar-refractivity contribution is 5.97. The van der Waals surface area contributed by atoms with E-state index in [1.165, 1.54) is 11.5 Å². The fourth-order valence-electron chi connectivity index (χ4n) is 2.94. The van der Waals surface area contributed by atoms with Crippen LogP contribution in [0.2, 0.25) is 0 Å². The average Bonchev–Trinajstić information content (AvgIpc) is 2.78. The molecule has 1 amide bonds. The molecule has 0 aromatic carbocycles. The molecular formula is C14H17N5O6. The van der Waals surface area contributed by atoms with Crippen LogP contribution in [0.4, 0.5) is 5.82 Å². The van der Waals surface area contributed by atoms with Gasteiger partial charge < -0.3 is 36.1 Å². The molecule has 3 heterocycles. The highest BCUT2D eigenvalue weighted by atomic mass is 16.6. The van der Waals surface area contributed by atoms with Crippen molar-refractivity contribution in [2.75, 3.05) is 12.3 Å². The van der Waals surface area contributed by atoms with Crippen LogP contribution >= 0.6 is 0 Å². The molecule has 1 aliphatic heterocycles. The third-order valence-corrected chi connectivity index (χ3v) is 4.29. The van der Waals surface area contributed by atoms with Crippen LogP contribution in [0.5, 0.6) is 0 Å². The normalized spacial score (nSPS) is 29.2. The summed E-state index contributed by atoms with van der Waals surface area (Å²) in [5, 5.41) is 29.9. The molecule has 0 radical (unpaired) electrons. The van der Waals surface area contributed by atoms with E-state index in [2.05, 4.69) is 9.97 Å². The number of fused-ring (bicyclic) bond motifs is 1. The lowest BCUT2D eigenvalue weighted by atomic mass is 9.96. The number of aliphatic hydroxyl groups excluding tert-OH is 2. The van der Waals surface area contributed by atoms with E-state index in [-0.39, 0.29) is 16.9 Å². The van der Waals surface area contributed by atoms with Gasteiger partial charge in [0.2, 0.25) is 5.43 Å². The predicted molar refractivity (Wildman–Crippen MR) is 84.4 cm³/mol. The first-order chi connectivity index (χ1) is 11.7. The van der Waals surface area contributed by atoms with Gasteiger partial charge in [-0.05, 0) is 6.92 Å². The lowest BCUT2D eigenvalue weighted by Crippen LogP contribution is -2.44. The molecule has 1 fully saturated rings. The fourth-order valence-corrected chi connectivity index (χ4v) is 2.94. The summed E-state index contributed by atoms with van der Waals surface area (Å²) in [5.41, 5.74) is 7.94. The molecule has 0 bridgehead atoms. The number of primary amides is 1. The summed E-state index contributed by atoms with van der Waals surface area (Å²) in [7, 11) is 0. The smallest absolute Gasteiger partial charge is 0.254 e. The number of carbonyl (C=O) groups is 1. The summed E-state index contributed by atoms with van der Waals surface area (Å²) in [6.45, 7) is 0.738. The quantitative estimate of drug-likeness (QED) is 0.397. The molecule has 0 spiro atoms. The van der Waals surface area contributed by atoms with Crippen LogP contribution in [-0.4, -0.2) is 60.2 Å². The number of hydrogen-bond acceptors (Lipinski definition) is 9. The minimum absolute atomic E-state index is 0.0152. The summed E-state index contributed by atoms with van der Waals surface area (Å²) in [4.78, 5) is 31.8. The number of rotatable bonds is 3. The lowest BCUT2D eigenvalue weighted by Gasteiger charge is -2.29. The van der Waals surface area contributed by atoms with E-state index >= 15 is 0 Å². The summed E-state index contributed by atoms with van der Waals surface area (Å²) in [5.74, 6) is -1.19. The van der Waals surface area contributed by atoms with E-state index in [1.807, 2.05) is 0 Å². The summed E-state index contributed by atoms with van der Waals surface area (Å²) in [6, 6.07) is 0. The Morgan fingerprint density at radius 1 is 1.48 bits per heavy atom. The minimum Gasteiger partial charge on any atom is -0.394 e. The largest absolute Gasteiger partial charge is 0.394 e. The number of amides is 1. The van der Waals surface area contributed by atoms with Crippen molar-refractivity contribution in [3.05, 3.63) is 28.3 Å². The van der Waals surface area contributed by atoms with Gasteiger partial charge in [0.15, 0.2) is 11.9 Å². The Hall–Kier alpha value is -2.60. The number of hydrogen-bond donors (Lipinski definition) is 5. The molecule has 1 saturated heterocycles. The second kappa shape index (κ2) is 5.74. The third kappa shape index (κ3) is 2.44. The number of pyridine rings is 1. The topological polar surface area (TPSA) is 187 Å². The van der Waals surface area contributed by atoms with Crippen LogP contribution in [0.1, 0.15) is 23.5 Å². The number of nitrogens with two attached hydrogens (primary N) is 2. The molecule has 134 valence electrons. The van der Waals surface area contributed by atoms with Crippen molar-refractivity contribution in [2.45, 2.75) is 31.0 Å². The molecule has 7 N–H and O–H groups in total. The minimum atomic E-state index is -1.86. The Balaban J connectivity index is 2.34. The second-order valence-corrected chi connectivity index (χ2v) is 5.98. The number of ether oxygens (including phenoxy) is 1. The monoisotopic (exact) mass is 351 g/mol. The standard InChI is InChI=1S/C14H17N5O6/c1-14(24)9(22)6(3-20)25-13(14)19-2-5(11(16)23)8(21)7-10(15)17-4-18-12(7)19/h2,4,6,9,13,20,22,24H,3H2,1H3,(H2,16,23)(H2,15,17,18)/t6-,9-,13-,14-/m1/s1. The Bertz CT molecular complexity index is 910. The van der Waals surface area contributed by atoms with Crippen LogP contribution < -0.4 is 16.9 Å². The highest BCUT2D eigenvalue weighted by Gasteiger charge is 2.53. The average molecular weight is 351 g/mol. The molecule has 1 aliphatic rings. The van der Waals surface area contributed by atoms with Crippen molar-refractivity contribution >= 4 is 22.8 Å². The SMILES string of the molecule is C[C@@]1(O)[C@H](O)[C@@H](CO)O[C@H]1n1cc(C(N)=O)c(=O)c2c(N)ncnc21. The van der Waals surface area contributed by atoms with E-state index in [4.69, 9.17) is 16.2 Å². The predicted octanol–water partition coefficient (Wildman–Crippen LogP) is -2.53. The Morgan fingerprint density at radius 3 is 2.72 bits per heavy atom. The first kappa shape index (κ1) is 17.2. The molecule has 3 rings (SSSR count).